The number of amides is 1. The van der Waals surface area contributed by atoms with E-state index in [9.17, 15) is 4.79 Å². The summed E-state index contributed by atoms with van der Waals surface area (Å²) in [6, 6.07) is 15.4. The molecular formula is C23H23NO3. The average Bonchev–Trinajstić information content (AvgIpc) is 2.73. The van der Waals surface area contributed by atoms with Crippen LogP contribution in [0.2, 0.25) is 0 Å². The number of rotatable bonds is 4. The predicted molar refractivity (Wildman–Crippen MR) is 108 cm³/mol. The third-order valence-corrected chi connectivity index (χ3v) is 5.31. The van der Waals surface area contributed by atoms with E-state index < -0.39 is 0 Å². The molecule has 1 aliphatic rings. The molecule has 4 rings (SSSR count). The van der Waals surface area contributed by atoms with Crippen molar-refractivity contribution in [3.63, 3.8) is 0 Å². The van der Waals surface area contributed by atoms with Crippen molar-refractivity contribution in [2.45, 2.75) is 25.7 Å². The van der Waals surface area contributed by atoms with Gasteiger partial charge in [0.1, 0.15) is 11.5 Å². The van der Waals surface area contributed by atoms with E-state index in [0.29, 0.717) is 5.56 Å². The zero-order chi connectivity index (χ0) is 18.8. The molecule has 138 valence electrons. The smallest absolute Gasteiger partial charge is 0.256 e. The summed E-state index contributed by atoms with van der Waals surface area (Å²) < 4.78 is 10.9. The Bertz CT molecular complexity index is 1010. The van der Waals surface area contributed by atoms with Crippen LogP contribution in [0.15, 0.2) is 48.5 Å². The molecule has 4 heteroatoms. The molecule has 1 aliphatic carbocycles. The second-order valence-corrected chi connectivity index (χ2v) is 6.79. The molecule has 0 aliphatic heterocycles. The van der Waals surface area contributed by atoms with Gasteiger partial charge in [0.15, 0.2) is 0 Å². The van der Waals surface area contributed by atoms with Gasteiger partial charge in [0, 0.05) is 16.6 Å². The van der Waals surface area contributed by atoms with Crippen LogP contribution in [-0.4, -0.2) is 20.1 Å². The molecule has 0 saturated heterocycles. The van der Waals surface area contributed by atoms with Gasteiger partial charge in [0.25, 0.3) is 5.91 Å². The molecule has 3 aromatic carbocycles. The highest BCUT2D eigenvalue weighted by Gasteiger charge is 2.20. The summed E-state index contributed by atoms with van der Waals surface area (Å²) in [7, 11) is 3.34. The Balaban J connectivity index is 1.73. The normalized spacial score (nSPS) is 13.1. The summed E-state index contributed by atoms with van der Waals surface area (Å²) in [6.45, 7) is 0. The first-order valence-corrected chi connectivity index (χ1v) is 9.28. The fraction of sp³-hybridized carbons (Fsp3) is 0.261. The highest BCUT2D eigenvalue weighted by molar-refractivity contribution is 6.14. The Morgan fingerprint density at radius 3 is 2.22 bits per heavy atom. The van der Waals surface area contributed by atoms with Crippen LogP contribution in [0.4, 0.5) is 5.69 Å². The molecule has 0 fully saturated rings. The quantitative estimate of drug-likeness (QED) is 0.712. The Kier molecular flexibility index (Phi) is 4.71. The molecule has 4 nitrogen and oxygen atoms in total. The van der Waals surface area contributed by atoms with Crippen molar-refractivity contribution in [1.29, 1.82) is 0 Å². The molecule has 0 aromatic heterocycles. The first kappa shape index (κ1) is 17.4. The molecular weight excluding hydrogens is 338 g/mol. The molecule has 27 heavy (non-hydrogen) atoms. The molecule has 0 spiro atoms. The minimum absolute atomic E-state index is 0.105. The summed E-state index contributed by atoms with van der Waals surface area (Å²) in [4.78, 5) is 13.1. The number of ether oxygens (including phenoxy) is 2. The van der Waals surface area contributed by atoms with Gasteiger partial charge in [-0.2, -0.15) is 0 Å². The number of benzene rings is 3. The Hall–Kier alpha value is -3.01. The van der Waals surface area contributed by atoms with Gasteiger partial charge in [-0.3, -0.25) is 4.79 Å². The van der Waals surface area contributed by atoms with Crippen molar-refractivity contribution in [2.75, 3.05) is 19.5 Å². The molecule has 0 unspecified atom stereocenters. The van der Waals surface area contributed by atoms with Crippen LogP contribution in [0, 0.1) is 0 Å². The topological polar surface area (TPSA) is 47.6 Å². The van der Waals surface area contributed by atoms with E-state index >= 15 is 0 Å². The summed E-state index contributed by atoms with van der Waals surface area (Å²) >= 11 is 0. The summed E-state index contributed by atoms with van der Waals surface area (Å²) in [5.41, 5.74) is 3.95. The number of carbonyl (C=O) groups excluding carboxylic acids is 1. The van der Waals surface area contributed by atoms with Crippen molar-refractivity contribution < 1.29 is 14.3 Å². The van der Waals surface area contributed by atoms with Gasteiger partial charge in [-0.25, -0.2) is 0 Å². The lowest BCUT2D eigenvalue weighted by Gasteiger charge is -2.22. The van der Waals surface area contributed by atoms with Gasteiger partial charge in [-0.1, -0.05) is 24.3 Å². The zero-order valence-electron chi connectivity index (χ0n) is 15.7. The Morgan fingerprint density at radius 1 is 0.815 bits per heavy atom. The number of anilines is 1. The SMILES string of the molecule is COc1ccc(NC(=O)c2ccc(OC)c3ccccc23)c2c1CCCC2. The first-order valence-electron chi connectivity index (χ1n) is 9.28. The molecule has 1 amide bonds. The second-order valence-electron chi connectivity index (χ2n) is 6.79. The van der Waals surface area contributed by atoms with E-state index in [0.717, 1.165) is 53.6 Å². The highest BCUT2D eigenvalue weighted by Crippen LogP contribution is 2.35. The second kappa shape index (κ2) is 7.31. The summed E-state index contributed by atoms with van der Waals surface area (Å²) in [5, 5.41) is 4.95. The number of fused-ring (bicyclic) bond motifs is 2. The van der Waals surface area contributed by atoms with E-state index in [-0.39, 0.29) is 5.91 Å². The van der Waals surface area contributed by atoms with Crippen molar-refractivity contribution in [1.82, 2.24) is 0 Å². The van der Waals surface area contributed by atoms with Gasteiger partial charge >= 0.3 is 0 Å². The van der Waals surface area contributed by atoms with Gasteiger partial charge in [-0.05, 0) is 66.5 Å². The lowest BCUT2D eigenvalue weighted by molar-refractivity contribution is 0.102. The minimum Gasteiger partial charge on any atom is -0.496 e. The third-order valence-electron chi connectivity index (χ3n) is 5.31. The number of hydrogen-bond acceptors (Lipinski definition) is 3. The molecule has 0 atom stereocenters. The van der Waals surface area contributed by atoms with Gasteiger partial charge in [-0.15, -0.1) is 0 Å². The van der Waals surface area contributed by atoms with Crippen molar-refractivity contribution in [2.24, 2.45) is 0 Å². The lowest BCUT2D eigenvalue weighted by Crippen LogP contribution is -2.16. The third kappa shape index (κ3) is 3.12. The van der Waals surface area contributed by atoms with Crippen LogP contribution < -0.4 is 14.8 Å². The van der Waals surface area contributed by atoms with E-state index in [2.05, 4.69) is 5.32 Å². The van der Waals surface area contributed by atoms with E-state index in [1.54, 1.807) is 14.2 Å². The van der Waals surface area contributed by atoms with Crippen LogP contribution in [0.1, 0.15) is 34.3 Å². The molecule has 1 N–H and O–H groups in total. The number of nitrogens with one attached hydrogen (secondary N) is 1. The lowest BCUT2D eigenvalue weighted by atomic mass is 9.89. The summed E-state index contributed by atoms with van der Waals surface area (Å²) in [6.07, 6.45) is 4.25. The van der Waals surface area contributed by atoms with Crippen LogP contribution >= 0.6 is 0 Å². The minimum atomic E-state index is -0.105. The van der Waals surface area contributed by atoms with Crippen LogP contribution in [0.5, 0.6) is 11.5 Å². The zero-order valence-corrected chi connectivity index (χ0v) is 15.7. The Morgan fingerprint density at radius 2 is 1.48 bits per heavy atom. The van der Waals surface area contributed by atoms with Gasteiger partial charge < -0.3 is 14.8 Å². The van der Waals surface area contributed by atoms with E-state index in [4.69, 9.17) is 9.47 Å². The maximum absolute atomic E-state index is 13.1. The van der Waals surface area contributed by atoms with E-state index in [1.807, 2.05) is 48.5 Å². The number of hydrogen-bond donors (Lipinski definition) is 1. The van der Waals surface area contributed by atoms with Crippen molar-refractivity contribution in [3.8, 4) is 11.5 Å². The van der Waals surface area contributed by atoms with Crippen molar-refractivity contribution in [3.05, 3.63) is 65.2 Å². The molecule has 0 saturated carbocycles. The maximum atomic E-state index is 13.1. The first-order chi connectivity index (χ1) is 13.2. The molecule has 0 bridgehead atoms. The monoisotopic (exact) mass is 361 g/mol. The number of carbonyl (C=O) groups is 1. The van der Waals surface area contributed by atoms with Gasteiger partial charge in [0.2, 0.25) is 0 Å². The fourth-order valence-corrected chi connectivity index (χ4v) is 3.98. The van der Waals surface area contributed by atoms with E-state index in [1.165, 1.54) is 11.1 Å². The highest BCUT2D eigenvalue weighted by atomic mass is 16.5. The average molecular weight is 361 g/mol. The fourth-order valence-electron chi connectivity index (χ4n) is 3.98. The summed E-state index contributed by atoms with van der Waals surface area (Å²) in [5.74, 6) is 1.58. The Labute approximate surface area is 159 Å². The molecule has 0 heterocycles. The van der Waals surface area contributed by atoms with Gasteiger partial charge in [0.05, 0.1) is 14.2 Å². The largest absolute Gasteiger partial charge is 0.496 e. The molecule has 0 radical (unpaired) electrons. The predicted octanol–water partition coefficient (Wildman–Crippen LogP) is 4.99. The van der Waals surface area contributed by atoms with Crippen molar-refractivity contribution >= 4 is 22.4 Å². The standard InChI is InChI=1S/C23H23NO3/c1-26-21-13-11-19(15-7-3-5-9-17(15)21)23(25)24-20-12-14-22(27-2)18-10-6-4-8-16(18)20/h3,5,7,9,11-14H,4,6,8,10H2,1-2H3,(H,24,25). The van der Waals surface area contributed by atoms with Crippen LogP contribution in [0.25, 0.3) is 10.8 Å². The van der Waals surface area contributed by atoms with Crippen LogP contribution in [0.3, 0.4) is 0 Å². The number of methoxy groups -OCH3 is 2. The molecule has 3 aromatic rings. The maximum Gasteiger partial charge on any atom is 0.256 e. The van der Waals surface area contributed by atoms with Crippen LogP contribution in [-0.2, 0) is 12.8 Å².